The minimum absolute atomic E-state index is 0.0907. The van der Waals surface area contributed by atoms with Crippen molar-refractivity contribution in [2.24, 2.45) is 0 Å². The normalized spacial score (nSPS) is 15.1. The molecule has 3 rings (SSSR count). The first-order valence-electron chi connectivity index (χ1n) is 15.5. The first-order valence-corrected chi connectivity index (χ1v) is 15.5. The first kappa shape index (κ1) is 31.8. The fourth-order valence-corrected chi connectivity index (χ4v) is 6.03. The molecule has 1 aliphatic rings. The molecule has 1 N–H and O–H groups in total. The van der Waals surface area contributed by atoms with E-state index in [9.17, 15) is 9.90 Å². The number of benzene rings is 2. The molecule has 0 unspecified atom stereocenters. The smallest absolute Gasteiger partial charge is 0.305 e. The van der Waals surface area contributed by atoms with Gasteiger partial charge < -0.3 is 14.6 Å². The predicted octanol–water partition coefficient (Wildman–Crippen LogP) is 8.35. The molecule has 0 aromatic heterocycles. The molecule has 0 atom stereocenters. The van der Waals surface area contributed by atoms with Crippen LogP contribution < -0.4 is 4.74 Å². The van der Waals surface area contributed by atoms with Crippen LogP contribution in [0.1, 0.15) is 126 Å². The Bertz CT molecular complexity index is 1160. The number of carbonyl (C=O) groups is 1. The van der Waals surface area contributed by atoms with Gasteiger partial charge >= 0.3 is 5.97 Å². The topological polar surface area (TPSA) is 55.8 Å². The fraction of sp³-hybridized carbons (Fsp3) is 0.583. The van der Waals surface area contributed by atoms with Crippen LogP contribution >= 0.6 is 0 Å². The third kappa shape index (κ3) is 8.37. The molecule has 2 aromatic rings. The van der Waals surface area contributed by atoms with Crippen LogP contribution in [0, 0.1) is 25.7 Å². The number of hydrogen-bond donors (Lipinski definition) is 1. The van der Waals surface area contributed by atoms with Crippen molar-refractivity contribution < 1.29 is 19.4 Å². The number of esters is 1. The van der Waals surface area contributed by atoms with Crippen molar-refractivity contribution in [3.8, 4) is 17.6 Å². The molecule has 0 saturated heterocycles. The highest BCUT2D eigenvalue weighted by molar-refractivity contribution is 5.69. The summed E-state index contributed by atoms with van der Waals surface area (Å²) in [6, 6.07) is 13.3. The second-order valence-corrected chi connectivity index (χ2v) is 11.5. The molecule has 0 aliphatic heterocycles. The summed E-state index contributed by atoms with van der Waals surface area (Å²) in [5.74, 6) is 7.37. The number of aryl methyl sites for hydroxylation is 2. The van der Waals surface area contributed by atoms with Gasteiger partial charge in [0, 0.05) is 17.4 Å². The van der Waals surface area contributed by atoms with E-state index >= 15 is 0 Å². The molecule has 0 spiro atoms. The van der Waals surface area contributed by atoms with E-state index < -0.39 is 5.60 Å². The molecule has 4 nitrogen and oxygen atoms in total. The van der Waals surface area contributed by atoms with Crippen LogP contribution in [0.3, 0.4) is 0 Å². The molecule has 1 saturated carbocycles. The van der Waals surface area contributed by atoms with E-state index in [1.165, 1.54) is 24.0 Å². The average molecular weight is 547 g/mol. The lowest BCUT2D eigenvalue weighted by atomic mass is 9.70. The summed E-state index contributed by atoms with van der Waals surface area (Å²) in [5, 5.41) is 11.0. The van der Waals surface area contributed by atoms with E-state index in [0.717, 1.165) is 80.2 Å². The van der Waals surface area contributed by atoms with Crippen LogP contribution in [-0.4, -0.2) is 29.9 Å². The second kappa shape index (κ2) is 15.3. The van der Waals surface area contributed by atoms with Gasteiger partial charge in [-0.25, -0.2) is 0 Å². The second-order valence-electron chi connectivity index (χ2n) is 11.5. The summed E-state index contributed by atoms with van der Waals surface area (Å²) in [4.78, 5) is 11.5. The van der Waals surface area contributed by atoms with E-state index in [0.29, 0.717) is 19.6 Å². The molecule has 1 fully saturated rings. The number of rotatable bonds is 12. The number of carbonyl (C=O) groups excluding carboxylic acids is 1. The van der Waals surface area contributed by atoms with E-state index in [1.807, 2.05) is 6.92 Å². The van der Waals surface area contributed by atoms with Gasteiger partial charge in [0.1, 0.15) is 11.4 Å². The predicted molar refractivity (Wildman–Crippen MR) is 164 cm³/mol. The van der Waals surface area contributed by atoms with Crippen molar-refractivity contribution in [3.63, 3.8) is 0 Å². The minimum atomic E-state index is -0.845. The monoisotopic (exact) mass is 546 g/mol. The first-order chi connectivity index (χ1) is 19.3. The maximum Gasteiger partial charge on any atom is 0.305 e. The maximum atomic E-state index is 11.5. The van der Waals surface area contributed by atoms with Crippen LogP contribution in [0.4, 0.5) is 0 Å². The standard InChI is InChI=1S/C36H50O4/c1-6-36(7-2,31-18-17-30(28(4)26-31)21-24-35(38)22-13-9-10-14-23-35)32-19-20-33(29(5)27-32)40-25-15-11-12-16-34(37)39-8-3/h17-20,26-27,38H,6-16,22-23,25H2,1-5H3. The number of aliphatic hydroxyl groups is 1. The van der Waals surface area contributed by atoms with Gasteiger partial charge in [-0.05, 0) is 113 Å². The summed E-state index contributed by atoms with van der Waals surface area (Å²) in [5.41, 5.74) is 4.99. The SMILES string of the molecule is CCOC(=O)CCCCCOc1ccc(C(CC)(CC)c2ccc(C#CC3(O)CCCCCC3)c(C)c2)cc1C. The van der Waals surface area contributed by atoms with Crippen LogP contribution in [0.15, 0.2) is 36.4 Å². The zero-order valence-electron chi connectivity index (χ0n) is 25.5. The Labute approximate surface area is 242 Å². The van der Waals surface area contributed by atoms with Gasteiger partial charge in [0.15, 0.2) is 0 Å². The minimum Gasteiger partial charge on any atom is -0.493 e. The molecule has 40 heavy (non-hydrogen) atoms. The van der Waals surface area contributed by atoms with Gasteiger partial charge in [0.25, 0.3) is 0 Å². The summed E-state index contributed by atoms with van der Waals surface area (Å²) < 4.78 is 11.1. The van der Waals surface area contributed by atoms with Gasteiger partial charge in [-0.1, -0.05) is 62.8 Å². The molecule has 1 aliphatic carbocycles. The quantitative estimate of drug-likeness (QED) is 0.126. The van der Waals surface area contributed by atoms with E-state index in [1.54, 1.807) is 0 Å². The molecular weight excluding hydrogens is 496 g/mol. The molecule has 4 heteroatoms. The van der Waals surface area contributed by atoms with Crippen molar-refractivity contribution in [2.75, 3.05) is 13.2 Å². The maximum absolute atomic E-state index is 11.5. The molecule has 0 heterocycles. The van der Waals surface area contributed by atoms with Crippen molar-refractivity contribution in [3.05, 3.63) is 64.2 Å². The van der Waals surface area contributed by atoms with Crippen LogP contribution in [0.25, 0.3) is 0 Å². The number of unbranched alkanes of at least 4 members (excludes halogenated alkanes) is 2. The Morgan fingerprint density at radius 1 is 0.900 bits per heavy atom. The van der Waals surface area contributed by atoms with Crippen LogP contribution in [-0.2, 0) is 14.9 Å². The molecule has 0 bridgehead atoms. The Hall–Kier alpha value is -2.77. The molecule has 2 aromatic carbocycles. The third-order valence-electron chi connectivity index (χ3n) is 8.66. The highest BCUT2D eigenvalue weighted by Crippen LogP contribution is 2.41. The van der Waals surface area contributed by atoms with Gasteiger partial charge in [0.05, 0.1) is 13.2 Å². The zero-order valence-corrected chi connectivity index (χ0v) is 25.5. The third-order valence-corrected chi connectivity index (χ3v) is 8.66. The van der Waals surface area contributed by atoms with Crippen molar-refractivity contribution >= 4 is 5.97 Å². The molecule has 0 amide bonds. The summed E-state index contributed by atoms with van der Waals surface area (Å²) in [6.45, 7) is 11.7. The Morgan fingerprint density at radius 2 is 1.55 bits per heavy atom. The highest BCUT2D eigenvalue weighted by atomic mass is 16.5. The fourth-order valence-electron chi connectivity index (χ4n) is 6.03. The van der Waals surface area contributed by atoms with Crippen molar-refractivity contribution in [1.29, 1.82) is 0 Å². The van der Waals surface area contributed by atoms with Crippen LogP contribution in [0.5, 0.6) is 5.75 Å². The van der Waals surface area contributed by atoms with Gasteiger partial charge in [-0.2, -0.15) is 0 Å². The van der Waals surface area contributed by atoms with E-state index in [-0.39, 0.29) is 11.4 Å². The Morgan fingerprint density at radius 3 is 2.15 bits per heavy atom. The van der Waals surface area contributed by atoms with Crippen molar-refractivity contribution in [2.45, 2.75) is 123 Å². The van der Waals surface area contributed by atoms with E-state index in [4.69, 9.17) is 9.47 Å². The number of hydrogen-bond acceptors (Lipinski definition) is 4. The van der Waals surface area contributed by atoms with E-state index in [2.05, 4.69) is 75.9 Å². The largest absolute Gasteiger partial charge is 0.493 e. The summed E-state index contributed by atoms with van der Waals surface area (Å²) >= 11 is 0. The Kier molecular flexibility index (Phi) is 12.1. The molecule has 0 radical (unpaired) electrons. The van der Waals surface area contributed by atoms with Crippen molar-refractivity contribution in [1.82, 2.24) is 0 Å². The van der Waals surface area contributed by atoms with Gasteiger partial charge in [0.2, 0.25) is 0 Å². The zero-order chi connectivity index (χ0) is 29.0. The molecular formula is C36H50O4. The average Bonchev–Trinajstić information content (AvgIpc) is 3.17. The van der Waals surface area contributed by atoms with Gasteiger partial charge in [-0.15, -0.1) is 0 Å². The van der Waals surface area contributed by atoms with Gasteiger partial charge in [-0.3, -0.25) is 4.79 Å². The summed E-state index contributed by atoms with van der Waals surface area (Å²) in [6.07, 6.45) is 11.2. The van der Waals surface area contributed by atoms with Crippen LogP contribution in [0.2, 0.25) is 0 Å². The highest BCUT2D eigenvalue weighted by Gasteiger charge is 2.31. The summed E-state index contributed by atoms with van der Waals surface area (Å²) in [7, 11) is 0. The lowest BCUT2D eigenvalue weighted by Gasteiger charge is -2.34. The molecule has 218 valence electrons. The lowest BCUT2D eigenvalue weighted by Crippen LogP contribution is -2.26. The number of ether oxygens (including phenoxy) is 2. The Balaban J connectivity index is 1.70. The lowest BCUT2D eigenvalue weighted by molar-refractivity contribution is -0.143.